The van der Waals surface area contributed by atoms with E-state index in [1.54, 1.807) is 18.2 Å². The summed E-state index contributed by atoms with van der Waals surface area (Å²) >= 11 is 6.07. The summed E-state index contributed by atoms with van der Waals surface area (Å²) < 4.78 is 27.1. The average Bonchev–Trinajstić information content (AvgIpc) is 2.87. The zero-order valence-corrected chi connectivity index (χ0v) is 17.0. The lowest BCUT2D eigenvalue weighted by molar-refractivity contribution is 0.0981. The van der Waals surface area contributed by atoms with Crippen molar-refractivity contribution in [1.82, 2.24) is 9.71 Å². The largest absolute Gasteiger partial charge is 0.351 e. The lowest BCUT2D eigenvalue weighted by Gasteiger charge is -2.33. The van der Waals surface area contributed by atoms with Crippen LogP contribution in [0.25, 0.3) is 0 Å². The Balaban J connectivity index is 1.97. The molecule has 6 nitrogen and oxygen atoms in total. The van der Waals surface area contributed by atoms with E-state index < -0.39 is 15.9 Å². The average molecular weight is 408 g/mol. The Morgan fingerprint density at radius 1 is 1.22 bits per heavy atom. The molecule has 3 rings (SSSR count). The van der Waals surface area contributed by atoms with Gasteiger partial charge in [0, 0.05) is 12.1 Å². The second kappa shape index (κ2) is 7.13. The minimum absolute atomic E-state index is 0.0250. The molecule has 27 heavy (non-hydrogen) atoms. The van der Waals surface area contributed by atoms with Gasteiger partial charge in [-0.3, -0.25) is 4.79 Å². The summed E-state index contributed by atoms with van der Waals surface area (Å²) in [7, 11) is -3.98. The van der Waals surface area contributed by atoms with E-state index in [0.29, 0.717) is 18.3 Å². The van der Waals surface area contributed by atoms with E-state index in [4.69, 9.17) is 11.6 Å². The van der Waals surface area contributed by atoms with Gasteiger partial charge in [-0.15, -0.1) is 0 Å². The van der Waals surface area contributed by atoms with Crippen LogP contribution >= 0.6 is 11.6 Å². The van der Waals surface area contributed by atoms with Gasteiger partial charge in [-0.05, 0) is 50.5 Å². The molecule has 0 bridgehead atoms. The molecule has 144 valence electrons. The molecular formula is C19H22ClN3O3S. The molecule has 0 spiro atoms. The number of hydrogen-bond donors (Lipinski definition) is 1. The molecule has 1 amide bonds. The van der Waals surface area contributed by atoms with E-state index in [1.807, 2.05) is 4.90 Å². The van der Waals surface area contributed by atoms with Crippen molar-refractivity contribution in [2.75, 3.05) is 11.4 Å². The van der Waals surface area contributed by atoms with Crippen molar-refractivity contribution >= 4 is 33.3 Å². The molecule has 1 aliphatic heterocycles. The summed E-state index contributed by atoms with van der Waals surface area (Å²) in [5, 5.41) is 0.253. The third-order valence-corrected chi connectivity index (χ3v) is 6.25. The van der Waals surface area contributed by atoms with Crippen molar-refractivity contribution in [3.63, 3.8) is 0 Å². The molecule has 1 aromatic heterocycles. The summed E-state index contributed by atoms with van der Waals surface area (Å²) in [6, 6.07) is 10.8. The second-order valence-corrected chi connectivity index (χ2v) is 9.55. The topological polar surface area (TPSA) is 79.4 Å². The molecule has 1 unspecified atom stereocenters. The highest BCUT2D eigenvalue weighted by Crippen LogP contribution is 2.37. The number of benzene rings is 1. The van der Waals surface area contributed by atoms with Crippen molar-refractivity contribution in [3.05, 3.63) is 53.2 Å². The van der Waals surface area contributed by atoms with Crippen LogP contribution in [-0.4, -0.2) is 31.4 Å². The third kappa shape index (κ3) is 4.09. The molecular weight excluding hydrogens is 386 g/mol. The molecule has 2 aromatic rings. The van der Waals surface area contributed by atoms with Crippen LogP contribution in [0.15, 0.2) is 47.4 Å². The SMILES string of the molecule is CC1CN(c2nc(Cl)ccc2C(=O)NS(=O)(=O)c2ccccc2)C(C)(C)C1. The first-order valence-electron chi connectivity index (χ1n) is 8.66. The molecule has 1 aliphatic rings. The quantitative estimate of drug-likeness (QED) is 0.785. The Morgan fingerprint density at radius 2 is 1.89 bits per heavy atom. The molecule has 0 radical (unpaired) electrons. The smallest absolute Gasteiger partial charge is 0.268 e. The molecule has 1 N–H and O–H groups in total. The number of sulfonamides is 1. The fourth-order valence-electron chi connectivity index (χ4n) is 3.60. The summed E-state index contributed by atoms with van der Waals surface area (Å²) in [6.07, 6.45) is 0.935. The summed E-state index contributed by atoms with van der Waals surface area (Å²) in [6.45, 7) is 6.99. The highest BCUT2D eigenvalue weighted by atomic mass is 35.5. The number of carbonyl (C=O) groups is 1. The number of nitrogens with one attached hydrogen (secondary N) is 1. The molecule has 2 heterocycles. The number of aromatic nitrogens is 1. The van der Waals surface area contributed by atoms with Crippen LogP contribution in [0.4, 0.5) is 5.82 Å². The number of anilines is 1. The number of amides is 1. The number of halogens is 1. The van der Waals surface area contributed by atoms with Gasteiger partial charge in [0.25, 0.3) is 15.9 Å². The number of rotatable bonds is 4. The van der Waals surface area contributed by atoms with Gasteiger partial charge in [0.2, 0.25) is 0 Å². The van der Waals surface area contributed by atoms with Crippen molar-refractivity contribution in [1.29, 1.82) is 0 Å². The number of nitrogens with zero attached hydrogens (tertiary/aromatic N) is 2. The minimum atomic E-state index is -3.98. The molecule has 0 saturated carbocycles. The first-order chi connectivity index (χ1) is 12.6. The maximum absolute atomic E-state index is 12.8. The predicted octanol–water partition coefficient (Wildman–Crippen LogP) is 3.48. The lowest BCUT2D eigenvalue weighted by Crippen LogP contribution is -2.41. The maximum atomic E-state index is 12.8. The Labute approximate surface area is 164 Å². The van der Waals surface area contributed by atoms with Crippen molar-refractivity contribution in [2.24, 2.45) is 5.92 Å². The Hall–Kier alpha value is -2.12. The zero-order valence-electron chi connectivity index (χ0n) is 15.4. The van der Waals surface area contributed by atoms with E-state index in [1.165, 1.54) is 24.3 Å². The van der Waals surface area contributed by atoms with Crippen LogP contribution in [-0.2, 0) is 10.0 Å². The Kier molecular flexibility index (Phi) is 5.18. The fourth-order valence-corrected chi connectivity index (χ4v) is 4.73. The van der Waals surface area contributed by atoms with Gasteiger partial charge in [0.1, 0.15) is 11.0 Å². The van der Waals surface area contributed by atoms with Crippen LogP contribution < -0.4 is 9.62 Å². The zero-order chi connectivity index (χ0) is 19.8. The van der Waals surface area contributed by atoms with Gasteiger partial charge in [0.05, 0.1) is 10.5 Å². The fraction of sp³-hybridized carbons (Fsp3) is 0.368. The molecule has 1 aromatic carbocycles. The van der Waals surface area contributed by atoms with Crippen molar-refractivity contribution in [3.8, 4) is 0 Å². The first-order valence-corrected chi connectivity index (χ1v) is 10.5. The highest BCUT2D eigenvalue weighted by molar-refractivity contribution is 7.90. The Morgan fingerprint density at radius 3 is 2.48 bits per heavy atom. The van der Waals surface area contributed by atoms with Crippen LogP contribution in [0.1, 0.15) is 37.6 Å². The number of carbonyl (C=O) groups excluding carboxylic acids is 1. The molecule has 1 fully saturated rings. The predicted molar refractivity (Wildman–Crippen MR) is 106 cm³/mol. The summed E-state index contributed by atoms with van der Waals surface area (Å²) in [4.78, 5) is 19.2. The van der Waals surface area contributed by atoms with Gasteiger partial charge in [-0.25, -0.2) is 18.1 Å². The van der Waals surface area contributed by atoms with Gasteiger partial charge in [-0.2, -0.15) is 0 Å². The van der Waals surface area contributed by atoms with Gasteiger partial charge < -0.3 is 4.90 Å². The monoisotopic (exact) mass is 407 g/mol. The first kappa shape index (κ1) is 19.6. The Bertz CT molecular complexity index is 961. The van der Waals surface area contributed by atoms with Crippen LogP contribution in [0.5, 0.6) is 0 Å². The van der Waals surface area contributed by atoms with E-state index in [-0.39, 0.29) is 21.2 Å². The van der Waals surface area contributed by atoms with E-state index in [9.17, 15) is 13.2 Å². The standard InChI is InChI=1S/C19H22ClN3O3S/c1-13-11-19(2,3)23(12-13)17-15(9-10-16(20)21-17)18(24)22-27(25,26)14-7-5-4-6-8-14/h4-10,13H,11-12H2,1-3H3,(H,22,24). The van der Waals surface area contributed by atoms with Crippen molar-refractivity contribution < 1.29 is 13.2 Å². The van der Waals surface area contributed by atoms with Crippen molar-refractivity contribution in [2.45, 2.75) is 37.6 Å². The normalized spacial score (nSPS) is 19.1. The van der Waals surface area contributed by atoms with Crippen LogP contribution in [0, 0.1) is 5.92 Å². The summed E-state index contributed by atoms with van der Waals surface area (Å²) in [5.74, 6) is 0.0933. The lowest BCUT2D eigenvalue weighted by atomic mass is 9.97. The van der Waals surface area contributed by atoms with Gasteiger partial charge in [-0.1, -0.05) is 36.7 Å². The molecule has 1 saturated heterocycles. The van der Waals surface area contributed by atoms with E-state index in [0.717, 1.165) is 6.42 Å². The number of hydrogen-bond acceptors (Lipinski definition) is 5. The summed E-state index contributed by atoms with van der Waals surface area (Å²) in [5.41, 5.74) is -0.0363. The van der Waals surface area contributed by atoms with Gasteiger partial charge in [0.15, 0.2) is 0 Å². The van der Waals surface area contributed by atoms with Gasteiger partial charge >= 0.3 is 0 Å². The highest BCUT2D eigenvalue weighted by Gasteiger charge is 2.39. The third-order valence-electron chi connectivity index (χ3n) is 4.69. The van der Waals surface area contributed by atoms with E-state index in [2.05, 4.69) is 30.5 Å². The van der Waals surface area contributed by atoms with Crippen LogP contribution in [0.2, 0.25) is 5.15 Å². The van der Waals surface area contributed by atoms with E-state index >= 15 is 0 Å². The molecule has 0 aliphatic carbocycles. The number of pyridine rings is 1. The van der Waals surface area contributed by atoms with Crippen LogP contribution in [0.3, 0.4) is 0 Å². The minimum Gasteiger partial charge on any atom is -0.351 e. The molecule has 1 atom stereocenters. The second-order valence-electron chi connectivity index (χ2n) is 7.49. The molecule has 8 heteroatoms. The maximum Gasteiger partial charge on any atom is 0.268 e.